The average molecular weight is 946 g/mol. The van der Waals surface area contributed by atoms with Gasteiger partial charge in [-0.1, -0.05) is 68.4 Å². The monoisotopic (exact) mass is 945 g/mol. The molecule has 5 nitrogen and oxygen atoms in total. The van der Waals surface area contributed by atoms with E-state index in [-0.39, 0.29) is 27.1 Å². The number of pyridine rings is 1. The van der Waals surface area contributed by atoms with Gasteiger partial charge in [-0.05, 0) is 44.4 Å². The van der Waals surface area contributed by atoms with Crippen molar-refractivity contribution < 1.29 is 24.1 Å². The Kier molecular flexibility index (Phi) is 8.64. The molecule has 1 aliphatic carbocycles. The summed E-state index contributed by atoms with van der Waals surface area (Å²) in [6.07, 6.45) is 1.97. The van der Waals surface area contributed by atoms with Crippen LogP contribution in [0.15, 0.2) is 128 Å². The van der Waals surface area contributed by atoms with Crippen molar-refractivity contribution >= 4 is 28.2 Å². The van der Waals surface area contributed by atoms with Gasteiger partial charge in [0.25, 0.3) is 0 Å². The zero-order valence-electron chi connectivity index (χ0n) is 35.6. The fourth-order valence-corrected chi connectivity index (χ4v) is 11.0. The van der Waals surface area contributed by atoms with Gasteiger partial charge in [0, 0.05) is 6.20 Å². The maximum absolute atomic E-state index is 6.86. The van der Waals surface area contributed by atoms with Crippen LogP contribution in [-0.4, -0.2) is 14.1 Å². The first kappa shape index (κ1) is 38.5. The SMILES string of the molecule is CC(C)(C)c1ccnc(N2c3cc(Oc4cccc(-n5[c](=[Pt])n(-c6ccccc6)c6ccccc65)c4)ccc3C(C)(C)c3c2ccc2c3C(C)(C)C(C)(C)C2(C)C)c1. The number of fused-ring (bicyclic) bond motifs is 5. The normalized spacial score (nSPS) is 17.2. The van der Waals surface area contributed by atoms with Crippen LogP contribution in [0.3, 0.4) is 0 Å². The number of hydrogen-bond acceptors (Lipinski definition) is 3. The maximum atomic E-state index is 6.86. The predicted molar refractivity (Wildman–Crippen MR) is 235 cm³/mol. The topological polar surface area (TPSA) is 35.2 Å². The van der Waals surface area contributed by atoms with Gasteiger partial charge < -0.3 is 0 Å². The molecule has 0 radical (unpaired) electrons. The van der Waals surface area contributed by atoms with Gasteiger partial charge in [0.05, 0.1) is 0 Å². The minimum atomic E-state index is -0.291. The first-order valence-electron chi connectivity index (χ1n) is 20.5. The summed E-state index contributed by atoms with van der Waals surface area (Å²) in [5.41, 5.74) is 13.2. The van der Waals surface area contributed by atoms with Crippen molar-refractivity contribution in [3.05, 3.63) is 159 Å². The molecule has 0 unspecified atom stereocenters. The Morgan fingerprint density at radius 2 is 1.19 bits per heavy atom. The Hall–Kier alpha value is -4.99. The van der Waals surface area contributed by atoms with E-state index in [1.807, 2.05) is 12.3 Å². The Morgan fingerprint density at radius 1 is 0.569 bits per heavy atom. The number of benzene rings is 5. The molecule has 2 aromatic heterocycles. The molecule has 6 heteroatoms. The van der Waals surface area contributed by atoms with Crippen LogP contribution in [0.1, 0.15) is 104 Å². The van der Waals surface area contributed by atoms with Crippen LogP contribution in [0.5, 0.6) is 11.5 Å². The number of aromatic nitrogens is 3. The van der Waals surface area contributed by atoms with E-state index in [0.717, 1.165) is 49.2 Å². The minimum Gasteiger partial charge on any atom is -0.0582 e. The molecular formula is C52H54N4OPt. The summed E-state index contributed by atoms with van der Waals surface area (Å²) < 4.78 is 12.6. The molecule has 0 saturated heterocycles. The third-order valence-corrected chi connectivity index (χ3v) is 15.2. The summed E-state index contributed by atoms with van der Waals surface area (Å²) in [4.78, 5) is 7.51. The Morgan fingerprint density at radius 3 is 1.88 bits per heavy atom. The molecule has 3 heterocycles. The second kappa shape index (κ2) is 13.0. The van der Waals surface area contributed by atoms with Crippen LogP contribution in [0.4, 0.5) is 17.2 Å². The Balaban J connectivity index is 1.19. The molecule has 7 aromatic rings. The molecule has 0 saturated carbocycles. The third-order valence-electron chi connectivity index (χ3n) is 14.2. The van der Waals surface area contributed by atoms with Crippen LogP contribution in [0.2, 0.25) is 0 Å². The van der Waals surface area contributed by atoms with Crippen LogP contribution in [0.25, 0.3) is 22.4 Å². The van der Waals surface area contributed by atoms with Crippen LogP contribution >= 0.6 is 0 Å². The molecular weight excluding hydrogens is 892 g/mol. The number of nitrogens with zero attached hydrogens (tertiary/aromatic N) is 4. The standard InChI is InChI=1S/C52H54N4O.Pt/c1-48(2,3)34-28-29-53-45(30-34)56-43-27-26-40-46(51(8,9)52(10,11)50(40,6)7)47(43)49(4,5)39-25-24-38(32-44(39)56)57-37-21-17-20-36(31-37)55-33-54(35-18-13-12-14-19-35)41-22-15-16-23-42(41)55;/h12-32H,1-11H3;. The molecule has 0 amide bonds. The van der Waals surface area contributed by atoms with Gasteiger partial charge in [-0.25, -0.2) is 0 Å². The van der Waals surface area contributed by atoms with Gasteiger partial charge in [0.15, 0.2) is 0 Å². The van der Waals surface area contributed by atoms with Crippen molar-refractivity contribution in [2.24, 2.45) is 5.41 Å². The summed E-state index contributed by atoms with van der Waals surface area (Å²) in [6, 6.07) is 43.4. The van der Waals surface area contributed by atoms with Crippen molar-refractivity contribution in [1.82, 2.24) is 14.1 Å². The Labute approximate surface area is 354 Å². The second-order valence-corrected chi connectivity index (χ2v) is 20.4. The van der Waals surface area contributed by atoms with Gasteiger partial charge in [0.2, 0.25) is 0 Å². The Bertz CT molecular complexity index is 2830. The van der Waals surface area contributed by atoms with E-state index in [2.05, 4.69) is 225 Å². The van der Waals surface area contributed by atoms with Crippen LogP contribution in [-0.2, 0) is 41.0 Å². The number of ether oxygens (including phenoxy) is 1. The summed E-state index contributed by atoms with van der Waals surface area (Å²) in [6.45, 7) is 26.3. The molecule has 0 N–H and O–H groups in total. The summed E-state index contributed by atoms with van der Waals surface area (Å²) in [5, 5.41) is 0. The summed E-state index contributed by atoms with van der Waals surface area (Å²) >= 11 is 2.45. The van der Waals surface area contributed by atoms with E-state index in [1.54, 1.807) is 0 Å². The van der Waals surface area contributed by atoms with E-state index < -0.39 is 0 Å². The van der Waals surface area contributed by atoms with E-state index in [4.69, 9.17) is 9.72 Å². The quantitative estimate of drug-likeness (QED) is 0.172. The number of hydrogen-bond donors (Lipinski definition) is 0. The molecule has 0 fully saturated rings. The van der Waals surface area contributed by atoms with E-state index in [0.29, 0.717) is 0 Å². The third kappa shape index (κ3) is 5.52. The van der Waals surface area contributed by atoms with Crippen molar-refractivity contribution in [2.45, 2.75) is 97.8 Å². The zero-order chi connectivity index (χ0) is 41.2. The smallest absolute Gasteiger partial charge is 0.0582 e. The zero-order valence-corrected chi connectivity index (χ0v) is 37.9. The molecule has 1 aliphatic heterocycles. The van der Waals surface area contributed by atoms with Crippen molar-refractivity contribution in [1.29, 1.82) is 0 Å². The minimum absolute atomic E-state index is 0.00840. The van der Waals surface area contributed by atoms with Gasteiger partial charge in [-0.15, -0.1) is 0 Å². The van der Waals surface area contributed by atoms with E-state index in [9.17, 15) is 0 Å². The second-order valence-electron chi connectivity index (χ2n) is 19.4. The van der Waals surface area contributed by atoms with Crippen LogP contribution < -0.4 is 9.64 Å². The van der Waals surface area contributed by atoms with Gasteiger partial charge in [-0.3, -0.25) is 0 Å². The number of imidazole rings is 1. The fourth-order valence-electron chi connectivity index (χ4n) is 9.82. The van der Waals surface area contributed by atoms with Crippen molar-refractivity contribution in [3.63, 3.8) is 0 Å². The van der Waals surface area contributed by atoms with Gasteiger partial charge in [-0.2, -0.15) is 0 Å². The number of rotatable bonds is 5. The van der Waals surface area contributed by atoms with Crippen LogP contribution in [0, 0.1) is 9.22 Å². The van der Waals surface area contributed by atoms with Gasteiger partial charge in [0.1, 0.15) is 0 Å². The first-order valence-corrected chi connectivity index (χ1v) is 21.6. The predicted octanol–water partition coefficient (Wildman–Crippen LogP) is 13.7. The molecule has 2 aliphatic rings. The molecule has 0 atom stereocenters. The molecule has 5 aromatic carbocycles. The molecule has 0 spiro atoms. The summed E-state index contributed by atoms with van der Waals surface area (Å²) in [5.74, 6) is 2.47. The molecule has 58 heavy (non-hydrogen) atoms. The number of anilines is 3. The summed E-state index contributed by atoms with van der Waals surface area (Å²) in [7, 11) is 0. The molecule has 298 valence electrons. The van der Waals surface area contributed by atoms with Crippen molar-refractivity contribution in [2.75, 3.05) is 4.90 Å². The van der Waals surface area contributed by atoms with E-state index in [1.165, 1.54) is 33.5 Å². The van der Waals surface area contributed by atoms with Gasteiger partial charge >= 0.3 is 238 Å². The van der Waals surface area contributed by atoms with Crippen molar-refractivity contribution in [3.8, 4) is 22.9 Å². The molecule has 9 rings (SSSR count). The average Bonchev–Trinajstić information content (AvgIpc) is 3.53. The first-order chi connectivity index (χ1) is 27.4. The fraction of sp³-hybridized carbons (Fsp3) is 0.308. The number of para-hydroxylation sites is 3. The molecule has 0 bridgehead atoms. The van der Waals surface area contributed by atoms with E-state index >= 15 is 0 Å².